The number of allylic oxidation sites excluding steroid dienone is 1. The molecule has 2 aliphatic rings. The first-order valence-electron chi connectivity index (χ1n) is 11.1. The molecular weight excluding hydrogens is 450 g/mol. The van der Waals surface area contributed by atoms with Gasteiger partial charge < -0.3 is 15.5 Å². The van der Waals surface area contributed by atoms with E-state index >= 15 is 0 Å². The van der Waals surface area contributed by atoms with Crippen LogP contribution in [0.5, 0.6) is 0 Å². The summed E-state index contributed by atoms with van der Waals surface area (Å²) in [4.78, 5) is 30.9. The normalized spacial score (nSPS) is 19.4. The quantitative estimate of drug-likeness (QED) is 0.492. The molecule has 170 valence electrons. The van der Waals surface area contributed by atoms with Crippen molar-refractivity contribution in [2.45, 2.75) is 39.3 Å². The number of carbonyl (C=O) groups is 2. The van der Waals surface area contributed by atoms with Gasteiger partial charge in [0.25, 0.3) is 0 Å². The molecule has 0 saturated heterocycles. The Balaban J connectivity index is 1.57. The fraction of sp³-hybridized carbons (Fsp3) is 0.308. The molecule has 1 unspecified atom stereocenters. The molecule has 2 aromatic heterocycles. The Labute approximate surface area is 202 Å². The van der Waals surface area contributed by atoms with E-state index in [1.54, 1.807) is 22.7 Å². The molecule has 1 amide bonds. The van der Waals surface area contributed by atoms with Gasteiger partial charge in [0.2, 0.25) is 5.91 Å². The summed E-state index contributed by atoms with van der Waals surface area (Å²) in [7, 11) is 0. The zero-order valence-electron chi connectivity index (χ0n) is 18.8. The maximum atomic E-state index is 13.5. The number of hydrogen-bond acceptors (Lipinski definition) is 6. The predicted molar refractivity (Wildman–Crippen MR) is 136 cm³/mol. The van der Waals surface area contributed by atoms with Gasteiger partial charge in [-0.25, -0.2) is 0 Å². The van der Waals surface area contributed by atoms with Crippen LogP contribution in [0.2, 0.25) is 0 Å². The number of rotatable bonds is 5. The average molecular weight is 478 g/mol. The van der Waals surface area contributed by atoms with E-state index in [4.69, 9.17) is 0 Å². The van der Waals surface area contributed by atoms with Crippen LogP contribution >= 0.6 is 22.7 Å². The fourth-order valence-electron chi connectivity index (χ4n) is 4.78. The van der Waals surface area contributed by atoms with Crippen LogP contribution in [-0.2, 0) is 16.1 Å². The molecule has 2 N–H and O–H groups in total. The molecule has 5 nitrogen and oxygen atoms in total. The van der Waals surface area contributed by atoms with E-state index in [-0.39, 0.29) is 29.7 Å². The first-order chi connectivity index (χ1) is 15.9. The van der Waals surface area contributed by atoms with E-state index < -0.39 is 0 Å². The Hall–Kier alpha value is -2.90. The summed E-state index contributed by atoms with van der Waals surface area (Å²) in [6.45, 7) is 4.96. The third kappa shape index (κ3) is 4.48. The van der Waals surface area contributed by atoms with Crippen molar-refractivity contribution < 1.29 is 9.59 Å². The fourth-order valence-corrected chi connectivity index (χ4v) is 6.27. The second kappa shape index (κ2) is 8.80. The van der Waals surface area contributed by atoms with Crippen molar-refractivity contribution in [3.63, 3.8) is 0 Å². The van der Waals surface area contributed by atoms with Crippen LogP contribution in [0.25, 0.3) is 0 Å². The standard InChI is InChI=1S/C26H27N3O2S2/c1-26(2)13-19-24(21(30)14-26)25(22-10-6-12-33-22)29(20-9-4-3-8-18(20)28-19)16-23(31)27-15-17-7-5-11-32-17/h3-12,25,28H,13-16H2,1-2H3,(H,27,31). The predicted octanol–water partition coefficient (Wildman–Crippen LogP) is 5.74. The number of ketones is 1. The van der Waals surface area contributed by atoms with Crippen LogP contribution in [0.4, 0.5) is 11.4 Å². The van der Waals surface area contributed by atoms with Crippen molar-refractivity contribution in [3.8, 4) is 0 Å². The molecule has 0 spiro atoms. The number of Topliss-reactive ketones (excluding diaryl/α,β-unsaturated/α-hetero) is 1. The van der Waals surface area contributed by atoms with Gasteiger partial charge in [0.05, 0.1) is 30.5 Å². The molecule has 0 bridgehead atoms. The lowest BCUT2D eigenvalue weighted by atomic mass is 9.74. The number of hydrogen-bond donors (Lipinski definition) is 2. The summed E-state index contributed by atoms with van der Waals surface area (Å²) in [5, 5.41) is 10.7. The van der Waals surface area contributed by atoms with Crippen LogP contribution in [0.1, 0.15) is 42.5 Å². The van der Waals surface area contributed by atoms with E-state index in [9.17, 15) is 9.59 Å². The van der Waals surface area contributed by atoms with E-state index in [0.29, 0.717) is 13.0 Å². The number of para-hydroxylation sites is 2. The second-order valence-corrected chi connectivity index (χ2v) is 11.4. The third-order valence-corrected chi connectivity index (χ3v) is 7.97. The van der Waals surface area contributed by atoms with Crippen LogP contribution in [-0.4, -0.2) is 18.2 Å². The molecule has 1 aliphatic heterocycles. The maximum Gasteiger partial charge on any atom is 0.239 e. The van der Waals surface area contributed by atoms with Crippen molar-refractivity contribution in [1.82, 2.24) is 5.32 Å². The highest BCUT2D eigenvalue weighted by Crippen LogP contribution is 2.48. The summed E-state index contributed by atoms with van der Waals surface area (Å²) < 4.78 is 0. The average Bonchev–Trinajstić information content (AvgIpc) is 3.46. The first-order valence-corrected chi connectivity index (χ1v) is 12.9. The summed E-state index contributed by atoms with van der Waals surface area (Å²) in [5.74, 6) is 0.0938. The van der Waals surface area contributed by atoms with Crippen molar-refractivity contribution >= 4 is 45.7 Å². The van der Waals surface area contributed by atoms with Gasteiger partial charge >= 0.3 is 0 Å². The Kier molecular flexibility index (Phi) is 5.85. The molecule has 3 aromatic rings. The van der Waals surface area contributed by atoms with Crippen LogP contribution < -0.4 is 15.5 Å². The zero-order chi connectivity index (χ0) is 23.0. The number of fused-ring (bicyclic) bond motifs is 1. The molecule has 5 rings (SSSR count). The molecule has 33 heavy (non-hydrogen) atoms. The van der Waals surface area contributed by atoms with Crippen molar-refractivity contribution in [1.29, 1.82) is 0 Å². The molecule has 1 aliphatic carbocycles. The lowest BCUT2D eigenvalue weighted by Crippen LogP contribution is -2.41. The summed E-state index contributed by atoms with van der Waals surface area (Å²) >= 11 is 3.26. The van der Waals surface area contributed by atoms with Gasteiger partial charge in [0.1, 0.15) is 0 Å². The number of nitrogens with one attached hydrogen (secondary N) is 2. The number of thiophene rings is 2. The summed E-state index contributed by atoms with van der Waals surface area (Å²) in [5.41, 5.74) is 3.52. The van der Waals surface area contributed by atoms with E-state index in [1.165, 1.54) is 0 Å². The van der Waals surface area contributed by atoms with Crippen LogP contribution in [0, 0.1) is 5.41 Å². The monoisotopic (exact) mass is 477 g/mol. The highest BCUT2D eigenvalue weighted by Gasteiger charge is 2.42. The number of nitrogens with zero attached hydrogens (tertiary/aromatic N) is 1. The van der Waals surface area contributed by atoms with E-state index in [1.807, 2.05) is 53.2 Å². The largest absolute Gasteiger partial charge is 0.357 e. The van der Waals surface area contributed by atoms with Crippen molar-refractivity contribution in [2.75, 3.05) is 16.8 Å². The first kappa shape index (κ1) is 21.9. The zero-order valence-corrected chi connectivity index (χ0v) is 20.4. The Morgan fingerprint density at radius 2 is 1.88 bits per heavy atom. The molecular formula is C26H27N3O2S2. The number of anilines is 2. The Morgan fingerprint density at radius 1 is 1.09 bits per heavy atom. The van der Waals surface area contributed by atoms with E-state index in [2.05, 4.69) is 35.4 Å². The molecule has 1 aromatic carbocycles. The molecule has 0 saturated carbocycles. The Bertz CT molecular complexity index is 1200. The Morgan fingerprint density at radius 3 is 2.64 bits per heavy atom. The van der Waals surface area contributed by atoms with Crippen LogP contribution in [0.3, 0.4) is 0 Å². The summed E-state index contributed by atoms with van der Waals surface area (Å²) in [6, 6.07) is 15.8. The molecule has 0 radical (unpaired) electrons. The highest BCUT2D eigenvalue weighted by molar-refractivity contribution is 7.10. The minimum absolute atomic E-state index is 0.0626. The van der Waals surface area contributed by atoms with Gasteiger partial charge in [-0.05, 0) is 46.9 Å². The molecule has 7 heteroatoms. The van der Waals surface area contributed by atoms with Gasteiger partial charge in [-0.1, -0.05) is 38.1 Å². The topological polar surface area (TPSA) is 61.4 Å². The van der Waals surface area contributed by atoms with Crippen LogP contribution in [0.15, 0.2) is 70.6 Å². The van der Waals surface area contributed by atoms with Gasteiger partial charge in [0.15, 0.2) is 5.78 Å². The molecule has 1 atom stereocenters. The maximum absolute atomic E-state index is 13.5. The highest BCUT2D eigenvalue weighted by atomic mass is 32.1. The van der Waals surface area contributed by atoms with Gasteiger partial charge in [-0.15, -0.1) is 22.7 Å². The van der Waals surface area contributed by atoms with Crippen molar-refractivity contribution in [3.05, 3.63) is 80.3 Å². The van der Waals surface area contributed by atoms with Gasteiger partial charge in [-0.2, -0.15) is 0 Å². The minimum atomic E-state index is -0.299. The SMILES string of the molecule is CC1(C)CC(=O)C2=C(C1)Nc1ccccc1N(CC(=O)NCc1cccs1)C2c1cccs1. The number of benzene rings is 1. The lowest BCUT2D eigenvalue weighted by molar-refractivity contribution is -0.120. The second-order valence-electron chi connectivity index (χ2n) is 9.38. The number of amides is 1. The van der Waals surface area contributed by atoms with Gasteiger partial charge in [0, 0.05) is 27.4 Å². The number of carbonyl (C=O) groups excluding carboxylic acids is 2. The van der Waals surface area contributed by atoms with Crippen molar-refractivity contribution in [2.24, 2.45) is 5.41 Å². The molecule has 0 fully saturated rings. The minimum Gasteiger partial charge on any atom is -0.357 e. The smallest absolute Gasteiger partial charge is 0.239 e. The third-order valence-electron chi connectivity index (χ3n) is 6.17. The lowest BCUT2D eigenvalue weighted by Gasteiger charge is -2.37. The van der Waals surface area contributed by atoms with E-state index in [0.717, 1.165) is 38.8 Å². The molecule has 3 heterocycles. The summed E-state index contributed by atoms with van der Waals surface area (Å²) in [6.07, 6.45) is 1.30. The van der Waals surface area contributed by atoms with Gasteiger partial charge in [-0.3, -0.25) is 9.59 Å².